The van der Waals surface area contributed by atoms with Gasteiger partial charge in [0.1, 0.15) is 0 Å². The molecule has 1 aliphatic rings. The van der Waals surface area contributed by atoms with Crippen molar-refractivity contribution in [2.75, 3.05) is 13.7 Å². The Balaban J connectivity index is 1.74. The molecule has 0 aliphatic carbocycles. The molecule has 1 aromatic carbocycles. The van der Waals surface area contributed by atoms with E-state index in [2.05, 4.69) is 4.74 Å². The van der Waals surface area contributed by atoms with Gasteiger partial charge in [-0.1, -0.05) is 30.3 Å². The molecule has 19 heavy (non-hydrogen) atoms. The Bertz CT molecular complexity index is 406. The number of carbonyl (C=O) groups excluding carboxylic acids is 1. The van der Waals surface area contributed by atoms with Gasteiger partial charge >= 0.3 is 5.97 Å². The first kappa shape index (κ1) is 14.0. The van der Waals surface area contributed by atoms with Gasteiger partial charge in [-0.15, -0.1) is 0 Å². The molecule has 1 unspecified atom stereocenters. The van der Waals surface area contributed by atoms with Crippen LogP contribution >= 0.6 is 0 Å². The summed E-state index contributed by atoms with van der Waals surface area (Å²) in [6.45, 7) is 2.55. The molecule has 5 nitrogen and oxygen atoms in total. The van der Waals surface area contributed by atoms with Gasteiger partial charge in [0.2, 0.25) is 0 Å². The van der Waals surface area contributed by atoms with E-state index >= 15 is 0 Å². The predicted molar refractivity (Wildman–Crippen MR) is 67.3 cm³/mol. The molecule has 1 heterocycles. The molecule has 0 spiro atoms. The third-order valence-electron chi connectivity index (χ3n) is 2.89. The third kappa shape index (κ3) is 3.76. The van der Waals surface area contributed by atoms with Crippen molar-refractivity contribution >= 4 is 5.97 Å². The topological polar surface area (TPSA) is 54.0 Å². The summed E-state index contributed by atoms with van der Waals surface area (Å²) < 4.78 is 21.1. The second-order valence-corrected chi connectivity index (χ2v) is 4.35. The minimum atomic E-state index is -0.671. The highest BCUT2D eigenvalue weighted by Crippen LogP contribution is 2.20. The van der Waals surface area contributed by atoms with Gasteiger partial charge in [0, 0.05) is 0 Å². The Morgan fingerprint density at radius 2 is 2.00 bits per heavy atom. The van der Waals surface area contributed by atoms with Crippen LogP contribution in [0.4, 0.5) is 0 Å². The number of methoxy groups -OCH3 is 1. The van der Waals surface area contributed by atoms with Gasteiger partial charge in [-0.3, -0.25) is 0 Å². The molecule has 1 saturated heterocycles. The van der Waals surface area contributed by atoms with Crippen LogP contribution in [0, 0.1) is 0 Å². The van der Waals surface area contributed by atoms with Crippen LogP contribution in [0.15, 0.2) is 30.3 Å². The maximum absolute atomic E-state index is 11.4. The van der Waals surface area contributed by atoms with E-state index in [9.17, 15) is 4.79 Å². The van der Waals surface area contributed by atoms with Crippen molar-refractivity contribution in [1.82, 2.24) is 0 Å². The number of benzene rings is 1. The Kier molecular flexibility index (Phi) is 4.90. The largest absolute Gasteiger partial charge is 0.467 e. The first-order valence-corrected chi connectivity index (χ1v) is 6.21. The zero-order valence-corrected chi connectivity index (χ0v) is 11.1. The van der Waals surface area contributed by atoms with E-state index in [1.807, 2.05) is 30.3 Å². The summed E-state index contributed by atoms with van der Waals surface area (Å²) in [6.07, 6.45) is -1.52. The van der Waals surface area contributed by atoms with Crippen LogP contribution < -0.4 is 0 Å². The fourth-order valence-electron chi connectivity index (χ4n) is 1.91. The molecular weight excluding hydrogens is 248 g/mol. The van der Waals surface area contributed by atoms with Crippen molar-refractivity contribution < 1.29 is 23.7 Å². The number of esters is 1. The van der Waals surface area contributed by atoms with E-state index in [1.165, 1.54) is 7.11 Å². The van der Waals surface area contributed by atoms with Crippen LogP contribution in [0.3, 0.4) is 0 Å². The molecular formula is C14H18O5. The van der Waals surface area contributed by atoms with Gasteiger partial charge in [-0.2, -0.15) is 0 Å². The Morgan fingerprint density at radius 3 is 2.68 bits per heavy atom. The summed E-state index contributed by atoms with van der Waals surface area (Å²) in [5.41, 5.74) is 1.08. The number of hydrogen-bond donors (Lipinski definition) is 0. The van der Waals surface area contributed by atoms with Gasteiger partial charge in [0.05, 0.1) is 26.4 Å². The molecule has 0 bridgehead atoms. The fraction of sp³-hybridized carbons (Fsp3) is 0.500. The Hall–Kier alpha value is -1.43. The first-order chi connectivity index (χ1) is 9.20. The summed E-state index contributed by atoms with van der Waals surface area (Å²) in [5, 5.41) is 0. The molecule has 1 aromatic rings. The molecule has 1 fully saturated rings. The molecule has 0 radical (unpaired) electrons. The number of ether oxygens (including phenoxy) is 4. The predicted octanol–water partition coefficient (Wildman–Crippen LogP) is 1.51. The normalized spacial score (nSPS) is 26.3. The number of hydrogen-bond acceptors (Lipinski definition) is 5. The lowest BCUT2D eigenvalue weighted by atomic mass is 10.2. The first-order valence-electron chi connectivity index (χ1n) is 6.21. The molecule has 0 amide bonds. The summed E-state index contributed by atoms with van der Waals surface area (Å²) in [6, 6.07) is 9.83. The van der Waals surface area contributed by atoms with Crippen LogP contribution in [0.5, 0.6) is 0 Å². The molecule has 5 heteroatoms. The van der Waals surface area contributed by atoms with Crippen molar-refractivity contribution in [2.24, 2.45) is 0 Å². The molecule has 3 atom stereocenters. The molecule has 0 N–H and O–H groups in total. The summed E-state index contributed by atoms with van der Waals surface area (Å²) in [5.74, 6) is -0.418. The van der Waals surface area contributed by atoms with E-state index < -0.39 is 18.4 Å². The highest BCUT2D eigenvalue weighted by atomic mass is 16.8. The third-order valence-corrected chi connectivity index (χ3v) is 2.89. The zero-order chi connectivity index (χ0) is 13.7. The van der Waals surface area contributed by atoms with Gasteiger partial charge in [-0.25, -0.2) is 4.79 Å². The van der Waals surface area contributed by atoms with Crippen molar-refractivity contribution in [3.8, 4) is 0 Å². The summed E-state index contributed by atoms with van der Waals surface area (Å²) >= 11 is 0. The second kappa shape index (κ2) is 6.65. The molecule has 0 aromatic heterocycles. The van der Waals surface area contributed by atoms with Crippen molar-refractivity contribution in [3.63, 3.8) is 0 Å². The van der Waals surface area contributed by atoms with Crippen molar-refractivity contribution in [3.05, 3.63) is 35.9 Å². The maximum Gasteiger partial charge on any atom is 0.337 e. The lowest BCUT2D eigenvalue weighted by Gasteiger charge is -2.10. The van der Waals surface area contributed by atoms with Gasteiger partial charge in [-0.05, 0) is 12.5 Å². The minimum absolute atomic E-state index is 0.284. The fourth-order valence-corrected chi connectivity index (χ4v) is 1.91. The summed E-state index contributed by atoms with van der Waals surface area (Å²) in [7, 11) is 1.33. The van der Waals surface area contributed by atoms with Crippen molar-refractivity contribution in [2.45, 2.75) is 32.0 Å². The molecule has 1 aliphatic heterocycles. The Morgan fingerprint density at radius 1 is 1.26 bits per heavy atom. The SMILES string of the molecule is COC(=O)[C@H]1OC(COCc2ccccc2)O[C@@H]1C. The van der Waals surface area contributed by atoms with E-state index in [1.54, 1.807) is 6.92 Å². The van der Waals surface area contributed by atoms with Gasteiger partial charge in [0.25, 0.3) is 0 Å². The maximum atomic E-state index is 11.4. The van der Waals surface area contributed by atoms with Gasteiger partial charge in [0.15, 0.2) is 12.4 Å². The Labute approximate surface area is 112 Å². The lowest BCUT2D eigenvalue weighted by molar-refractivity contribution is -0.157. The van der Waals surface area contributed by atoms with Crippen LogP contribution in [0.25, 0.3) is 0 Å². The van der Waals surface area contributed by atoms with E-state index in [4.69, 9.17) is 14.2 Å². The standard InChI is InChI=1S/C14H18O5/c1-10-13(14(15)16-2)19-12(18-10)9-17-8-11-6-4-3-5-7-11/h3-7,10,12-13H,8-9H2,1-2H3/t10-,12?,13+/m1/s1. The number of rotatable bonds is 5. The summed E-state index contributed by atoms with van der Waals surface area (Å²) in [4.78, 5) is 11.4. The lowest BCUT2D eigenvalue weighted by Crippen LogP contribution is -2.30. The minimum Gasteiger partial charge on any atom is -0.467 e. The average molecular weight is 266 g/mol. The van der Waals surface area contributed by atoms with E-state index in [-0.39, 0.29) is 12.7 Å². The highest BCUT2D eigenvalue weighted by molar-refractivity contribution is 5.75. The molecule has 0 saturated carbocycles. The van der Waals surface area contributed by atoms with Crippen LogP contribution in [-0.2, 0) is 30.3 Å². The number of carbonyl (C=O) groups is 1. The zero-order valence-electron chi connectivity index (χ0n) is 11.1. The van der Waals surface area contributed by atoms with E-state index in [0.717, 1.165) is 5.56 Å². The monoisotopic (exact) mass is 266 g/mol. The smallest absolute Gasteiger partial charge is 0.337 e. The van der Waals surface area contributed by atoms with E-state index in [0.29, 0.717) is 6.61 Å². The van der Waals surface area contributed by atoms with Crippen LogP contribution in [0.2, 0.25) is 0 Å². The average Bonchev–Trinajstić information content (AvgIpc) is 2.80. The van der Waals surface area contributed by atoms with Crippen LogP contribution in [0.1, 0.15) is 12.5 Å². The van der Waals surface area contributed by atoms with Crippen molar-refractivity contribution in [1.29, 1.82) is 0 Å². The molecule has 2 rings (SSSR count). The highest BCUT2D eigenvalue weighted by Gasteiger charge is 2.38. The van der Waals surface area contributed by atoms with Crippen LogP contribution in [-0.4, -0.2) is 38.2 Å². The quantitative estimate of drug-likeness (QED) is 0.756. The molecule has 104 valence electrons. The van der Waals surface area contributed by atoms with Gasteiger partial charge < -0.3 is 18.9 Å². The second-order valence-electron chi connectivity index (χ2n) is 4.35.